The monoisotopic (exact) mass is 403 g/mol. The van der Waals surface area contributed by atoms with Crippen molar-refractivity contribution in [2.75, 3.05) is 31.1 Å². The number of nitriles is 1. The highest BCUT2D eigenvalue weighted by molar-refractivity contribution is 6.02. The maximum atomic E-state index is 12.7. The van der Waals surface area contributed by atoms with E-state index in [2.05, 4.69) is 24.8 Å². The third-order valence-corrected chi connectivity index (χ3v) is 5.41. The highest BCUT2D eigenvalue weighted by atomic mass is 16.5. The minimum absolute atomic E-state index is 0.150. The minimum atomic E-state index is -0.197. The van der Waals surface area contributed by atoms with Crippen molar-refractivity contribution in [1.29, 1.82) is 5.26 Å². The van der Waals surface area contributed by atoms with Crippen LogP contribution >= 0.6 is 0 Å². The van der Waals surface area contributed by atoms with E-state index in [0.717, 1.165) is 55.8 Å². The number of anilines is 1. The Morgan fingerprint density at radius 3 is 2.47 bits per heavy atom. The first-order valence-electron chi connectivity index (χ1n) is 10.6. The van der Waals surface area contributed by atoms with Crippen LogP contribution in [0.1, 0.15) is 37.8 Å². The molecule has 1 saturated heterocycles. The number of carbonyl (C=O) groups excluding carboxylic acids is 1. The molecule has 0 unspecified atom stereocenters. The van der Waals surface area contributed by atoms with Gasteiger partial charge in [-0.05, 0) is 50.5 Å². The normalized spacial score (nSPS) is 13.8. The lowest BCUT2D eigenvalue weighted by Gasteiger charge is -2.22. The molecule has 1 fully saturated rings. The van der Waals surface area contributed by atoms with Gasteiger partial charge in [0, 0.05) is 43.5 Å². The number of ether oxygens (including phenoxy) is 1. The number of carbonyl (C=O) groups is 1. The molecule has 0 N–H and O–H groups in total. The van der Waals surface area contributed by atoms with Crippen LogP contribution in [0.25, 0.3) is 6.08 Å². The van der Waals surface area contributed by atoms with E-state index in [1.54, 1.807) is 11.0 Å². The second-order valence-corrected chi connectivity index (χ2v) is 7.34. The van der Waals surface area contributed by atoms with E-state index in [-0.39, 0.29) is 11.5 Å². The first-order chi connectivity index (χ1) is 14.7. The maximum absolute atomic E-state index is 12.7. The van der Waals surface area contributed by atoms with Crippen LogP contribution in [0.15, 0.2) is 54.1 Å². The van der Waals surface area contributed by atoms with Gasteiger partial charge in [0.15, 0.2) is 0 Å². The quantitative estimate of drug-likeness (QED) is 0.476. The van der Waals surface area contributed by atoms with Crippen molar-refractivity contribution in [2.24, 2.45) is 0 Å². The number of nitrogens with zero attached hydrogens (tertiary/aromatic N) is 3. The average Bonchev–Trinajstić information content (AvgIpc) is 3.33. The Hall–Kier alpha value is -3.26. The summed E-state index contributed by atoms with van der Waals surface area (Å²) in [5, 5.41) is 9.62. The van der Waals surface area contributed by atoms with Crippen LogP contribution in [0.4, 0.5) is 5.69 Å². The van der Waals surface area contributed by atoms with Crippen LogP contribution in [0, 0.1) is 11.3 Å². The molecule has 5 heteroatoms. The molecule has 1 aliphatic rings. The molecule has 0 saturated carbocycles. The number of likely N-dealkylation sites (tertiary alicyclic amines) is 1. The molecule has 2 aromatic rings. The third-order valence-electron chi connectivity index (χ3n) is 5.41. The van der Waals surface area contributed by atoms with Crippen molar-refractivity contribution in [1.82, 2.24) is 4.90 Å². The number of hydrogen-bond donors (Lipinski definition) is 0. The molecular formula is C25H29N3O2. The second kappa shape index (κ2) is 10.5. The van der Waals surface area contributed by atoms with Gasteiger partial charge in [0.05, 0.1) is 0 Å². The Labute approximate surface area is 179 Å². The van der Waals surface area contributed by atoms with Crippen LogP contribution < -0.4 is 9.64 Å². The third kappa shape index (κ3) is 5.21. The standard InChI is InChI=1S/C25H29N3O2/c1-3-27(4-2)23-13-12-21(16-22(18-26)25(29)28-14-8-9-15-28)24(17-23)30-19-20-10-6-5-7-11-20/h5-7,10-13,16-17H,3-4,8-9,14-15,19H2,1-2H3/b22-16+. The largest absolute Gasteiger partial charge is 0.488 e. The van der Waals surface area contributed by atoms with Gasteiger partial charge in [0.25, 0.3) is 5.91 Å². The Morgan fingerprint density at radius 1 is 1.13 bits per heavy atom. The second-order valence-electron chi connectivity index (χ2n) is 7.34. The fourth-order valence-electron chi connectivity index (χ4n) is 3.68. The van der Waals surface area contributed by atoms with Crippen molar-refractivity contribution in [3.63, 3.8) is 0 Å². The van der Waals surface area contributed by atoms with Gasteiger partial charge in [-0.1, -0.05) is 30.3 Å². The predicted molar refractivity (Wildman–Crippen MR) is 120 cm³/mol. The Kier molecular flexibility index (Phi) is 7.51. The number of rotatable bonds is 8. The zero-order valence-electron chi connectivity index (χ0n) is 17.8. The van der Waals surface area contributed by atoms with Crippen LogP contribution in [-0.2, 0) is 11.4 Å². The number of benzene rings is 2. The number of amides is 1. The van der Waals surface area contributed by atoms with E-state index in [1.807, 2.05) is 48.5 Å². The van der Waals surface area contributed by atoms with Crippen molar-refractivity contribution in [3.8, 4) is 11.8 Å². The van der Waals surface area contributed by atoms with Gasteiger partial charge in [-0.25, -0.2) is 0 Å². The predicted octanol–water partition coefficient (Wildman–Crippen LogP) is 4.64. The summed E-state index contributed by atoms with van der Waals surface area (Å²) in [6.07, 6.45) is 3.65. The van der Waals surface area contributed by atoms with Gasteiger partial charge in [-0.2, -0.15) is 5.26 Å². The van der Waals surface area contributed by atoms with Crippen molar-refractivity contribution < 1.29 is 9.53 Å². The molecule has 3 rings (SSSR count). The first-order valence-corrected chi connectivity index (χ1v) is 10.6. The highest BCUT2D eigenvalue weighted by Gasteiger charge is 2.22. The van der Waals surface area contributed by atoms with E-state index >= 15 is 0 Å². The van der Waals surface area contributed by atoms with Crippen LogP contribution in [0.2, 0.25) is 0 Å². The zero-order valence-corrected chi connectivity index (χ0v) is 17.8. The van der Waals surface area contributed by atoms with Crippen LogP contribution in [-0.4, -0.2) is 37.0 Å². The summed E-state index contributed by atoms with van der Waals surface area (Å²) < 4.78 is 6.15. The van der Waals surface area contributed by atoms with E-state index in [9.17, 15) is 10.1 Å². The SMILES string of the molecule is CCN(CC)c1ccc(/C=C(\C#N)C(=O)N2CCCC2)c(OCc2ccccc2)c1. The van der Waals surface area contributed by atoms with Crippen LogP contribution in [0.5, 0.6) is 5.75 Å². The summed E-state index contributed by atoms with van der Waals surface area (Å²) in [6.45, 7) is 7.87. The maximum Gasteiger partial charge on any atom is 0.264 e. The van der Waals surface area contributed by atoms with Crippen molar-refractivity contribution in [2.45, 2.75) is 33.3 Å². The molecule has 30 heavy (non-hydrogen) atoms. The lowest BCUT2D eigenvalue weighted by Crippen LogP contribution is -2.28. The minimum Gasteiger partial charge on any atom is -0.488 e. The van der Waals surface area contributed by atoms with E-state index in [0.29, 0.717) is 12.4 Å². The molecule has 1 heterocycles. The lowest BCUT2D eigenvalue weighted by molar-refractivity contribution is -0.125. The molecule has 2 aromatic carbocycles. The van der Waals surface area contributed by atoms with Gasteiger partial charge < -0.3 is 14.5 Å². The fourth-order valence-corrected chi connectivity index (χ4v) is 3.68. The van der Waals surface area contributed by atoms with Gasteiger partial charge in [-0.15, -0.1) is 0 Å². The first kappa shape index (κ1) is 21.4. The summed E-state index contributed by atoms with van der Waals surface area (Å²) in [7, 11) is 0. The molecule has 5 nitrogen and oxygen atoms in total. The molecule has 1 aliphatic heterocycles. The Balaban J connectivity index is 1.92. The molecule has 0 aliphatic carbocycles. The molecule has 0 radical (unpaired) electrons. The van der Waals surface area contributed by atoms with Crippen molar-refractivity contribution in [3.05, 3.63) is 65.2 Å². The average molecular weight is 404 g/mol. The van der Waals surface area contributed by atoms with E-state index < -0.39 is 0 Å². The summed E-state index contributed by atoms with van der Waals surface area (Å²) in [4.78, 5) is 16.7. The number of hydrogen-bond acceptors (Lipinski definition) is 4. The molecule has 0 atom stereocenters. The van der Waals surface area contributed by atoms with Gasteiger partial charge in [0.2, 0.25) is 0 Å². The lowest BCUT2D eigenvalue weighted by atomic mass is 10.1. The molecule has 0 aromatic heterocycles. The molecule has 156 valence electrons. The molecule has 1 amide bonds. The van der Waals surface area contributed by atoms with Gasteiger partial charge in [-0.3, -0.25) is 4.79 Å². The fraction of sp³-hybridized carbons (Fsp3) is 0.360. The molecule has 0 bridgehead atoms. The highest BCUT2D eigenvalue weighted by Crippen LogP contribution is 2.29. The van der Waals surface area contributed by atoms with E-state index in [4.69, 9.17) is 4.74 Å². The summed E-state index contributed by atoms with van der Waals surface area (Å²) in [5.74, 6) is 0.474. The zero-order chi connectivity index (χ0) is 21.3. The topological polar surface area (TPSA) is 56.6 Å². The Morgan fingerprint density at radius 2 is 1.83 bits per heavy atom. The van der Waals surface area contributed by atoms with E-state index in [1.165, 1.54) is 0 Å². The van der Waals surface area contributed by atoms with Gasteiger partial charge >= 0.3 is 0 Å². The van der Waals surface area contributed by atoms with Gasteiger partial charge in [0.1, 0.15) is 24.0 Å². The van der Waals surface area contributed by atoms with Crippen LogP contribution in [0.3, 0.4) is 0 Å². The summed E-state index contributed by atoms with van der Waals surface area (Å²) in [6, 6.07) is 18.0. The molecular weight excluding hydrogens is 374 g/mol. The summed E-state index contributed by atoms with van der Waals surface area (Å²) >= 11 is 0. The molecule has 0 spiro atoms. The summed E-state index contributed by atoms with van der Waals surface area (Å²) in [5.41, 5.74) is 3.02. The Bertz CT molecular complexity index is 921. The smallest absolute Gasteiger partial charge is 0.264 e. The van der Waals surface area contributed by atoms with Crippen molar-refractivity contribution >= 4 is 17.7 Å².